The average molecular weight is 556 g/mol. The van der Waals surface area contributed by atoms with Crippen molar-refractivity contribution in [3.8, 4) is 5.75 Å². The molecule has 39 heavy (non-hydrogen) atoms. The third kappa shape index (κ3) is 8.76. The molecule has 0 radical (unpaired) electrons. The molecule has 0 fully saturated rings. The molecule has 3 amide bonds. The van der Waals surface area contributed by atoms with Gasteiger partial charge in [0.05, 0.1) is 6.04 Å². The molecule has 3 atom stereocenters. The number of phenolic OH excluding ortho intramolecular Hbond substituents is 1. The number of aromatic amines is 1. The van der Waals surface area contributed by atoms with Crippen LogP contribution in [0.2, 0.25) is 0 Å². The molecule has 0 aliphatic heterocycles. The maximum atomic E-state index is 13.4. The molecule has 0 saturated carbocycles. The highest BCUT2D eigenvalue weighted by Crippen LogP contribution is 2.19. The molecule has 0 spiro atoms. The van der Waals surface area contributed by atoms with Gasteiger partial charge < -0.3 is 36.9 Å². The van der Waals surface area contributed by atoms with E-state index in [1.165, 1.54) is 23.9 Å². The molecule has 2 aromatic carbocycles. The fraction of sp³-hybridized carbons (Fsp3) is 0.333. The van der Waals surface area contributed by atoms with E-state index in [0.29, 0.717) is 11.3 Å². The van der Waals surface area contributed by atoms with Crippen molar-refractivity contribution in [1.82, 2.24) is 20.9 Å². The summed E-state index contributed by atoms with van der Waals surface area (Å²) in [5.41, 5.74) is 8.67. The number of thioether (sulfide) groups is 1. The minimum absolute atomic E-state index is 0.0526. The quantitative estimate of drug-likeness (QED) is 0.153. The number of carbonyl (C=O) groups excluding carboxylic acids is 3. The fourth-order valence-electron chi connectivity index (χ4n) is 4.05. The van der Waals surface area contributed by atoms with Crippen molar-refractivity contribution in [2.75, 3.05) is 18.6 Å². The predicted molar refractivity (Wildman–Crippen MR) is 149 cm³/mol. The minimum Gasteiger partial charge on any atom is -0.508 e. The number of phenols is 1. The molecule has 1 heterocycles. The van der Waals surface area contributed by atoms with Gasteiger partial charge in [0.2, 0.25) is 17.7 Å². The Bertz CT molecular complexity index is 1300. The van der Waals surface area contributed by atoms with Gasteiger partial charge in [0.1, 0.15) is 24.4 Å². The number of nitrogens with one attached hydrogen (secondary N) is 4. The Kier molecular flexibility index (Phi) is 10.8. The molecule has 3 rings (SSSR count). The normalized spacial score (nSPS) is 13.3. The number of rotatable bonds is 14. The third-order valence-electron chi connectivity index (χ3n) is 6.12. The van der Waals surface area contributed by atoms with Gasteiger partial charge in [-0.05, 0) is 54.2 Å². The predicted octanol–water partition coefficient (Wildman–Crippen LogP) is 0.910. The van der Waals surface area contributed by atoms with E-state index in [1.54, 1.807) is 18.3 Å². The molecular formula is C27H33N5O6S. The fourth-order valence-corrected chi connectivity index (χ4v) is 4.52. The Hall–Kier alpha value is -4.03. The van der Waals surface area contributed by atoms with E-state index < -0.39 is 48.4 Å². The van der Waals surface area contributed by atoms with Gasteiger partial charge in [-0.3, -0.25) is 19.2 Å². The van der Waals surface area contributed by atoms with Gasteiger partial charge in [-0.2, -0.15) is 11.8 Å². The number of para-hydroxylation sites is 1. The molecule has 3 aromatic rings. The van der Waals surface area contributed by atoms with Crippen LogP contribution in [0.15, 0.2) is 54.7 Å². The van der Waals surface area contributed by atoms with Crippen LogP contribution in [0.3, 0.4) is 0 Å². The van der Waals surface area contributed by atoms with E-state index in [4.69, 9.17) is 10.8 Å². The van der Waals surface area contributed by atoms with Crippen molar-refractivity contribution in [2.24, 2.45) is 5.73 Å². The van der Waals surface area contributed by atoms with Gasteiger partial charge in [0.15, 0.2) is 0 Å². The van der Waals surface area contributed by atoms with Crippen molar-refractivity contribution in [1.29, 1.82) is 0 Å². The van der Waals surface area contributed by atoms with E-state index in [1.807, 2.05) is 30.5 Å². The maximum Gasteiger partial charge on any atom is 0.322 e. The van der Waals surface area contributed by atoms with Crippen molar-refractivity contribution >= 4 is 46.4 Å². The van der Waals surface area contributed by atoms with Gasteiger partial charge in [0.25, 0.3) is 0 Å². The molecular weight excluding hydrogens is 522 g/mol. The second kappa shape index (κ2) is 14.2. The Morgan fingerprint density at radius 2 is 1.64 bits per heavy atom. The molecule has 11 nitrogen and oxygen atoms in total. The largest absolute Gasteiger partial charge is 0.508 e. The zero-order valence-electron chi connectivity index (χ0n) is 21.5. The highest BCUT2D eigenvalue weighted by molar-refractivity contribution is 7.98. The molecule has 1 aromatic heterocycles. The van der Waals surface area contributed by atoms with Gasteiger partial charge in [0, 0.05) is 23.5 Å². The number of nitrogens with two attached hydrogens (primary N) is 1. The first-order valence-corrected chi connectivity index (χ1v) is 13.7. The second-order valence-corrected chi connectivity index (χ2v) is 10.0. The van der Waals surface area contributed by atoms with Crippen LogP contribution in [0, 0.1) is 0 Å². The summed E-state index contributed by atoms with van der Waals surface area (Å²) in [7, 11) is 0. The molecule has 208 valence electrons. The van der Waals surface area contributed by atoms with Crippen molar-refractivity contribution in [2.45, 2.75) is 37.4 Å². The molecule has 12 heteroatoms. The zero-order valence-corrected chi connectivity index (χ0v) is 22.3. The molecule has 3 unspecified atom stereocenters. The molecule has 0 saturated heterocycles. The number of hydrogen-bond donors (Lipinski definition) is 7. The lowest BCUT2D eigenvalue weighted by Crippen LogP contribution is -2.57. The number of carboxylic acids is 1. The standard InChI is InChI=1S/C27H33N5O6S/c1-39-11-10-22(26(37)30-15-24(34)35)31-27(38)23(12-16-6-8-18(33)9-7-16)32-25(36)20(28)13-17-14-29-21-5-3-2-4-19(17)21/h2-9,14,20,22-23,29,33H,10-13,15,28H2,1H3,(H,30,37)(H,31,38)(H,32,36)(H,34,35). The first kappa shape index (κ1) is 29.5. The lowest BCUT2D eigenvalue weighted by Gasteiger charge is -2.24. The summed E-state index contributed by atoms with van der Waals surface area (Å²) in [6.07, 6.45) is 4.21. The Balaban J connectivity index is 1.75. The topological polar surface area (TPSA) is 187 Å². The Morgan fingerprint density at radius 3 is 2.33 bits per heavy atom. The van der Waals surface area contributed by atoms with Crippen LogP contribution in [-0.4, -0.2) is 75.6 Å². The highest BCUT2D eigenvalue weighted by Gasteiger charge is 2.29. The highest BCUT2D eigenvalue weighted by atomic mass is 32.2. The van der Waals surface area contributed by atoms with E-state index in [2.05, 4.69) is 20.9 Å². The van der Waals surface area contributed by atoms with Gasteiger partial charge in [-0.15, -0.1) is 0 Å². The number of fused-ring (bicyclic) bond motifs is 1. The van der Waals surface area contributed by atoms with Crippen LogP contribution in [0.4, 0.5) is 0 Å². The van der Waals surface area contributed by atoms with Crippen molar-refractivity contribution in [3.63, 3.8) is 0 Å². The summed E-state index contributed by atoms with van der Waals surface area (Å²) in [4.78, 5) is 53.1. The van der Waals surface area contributed by atoms with Crippen molar-refractivity contribution in [3.05, 3.63) is 65.9 Å². The van der Waals surface area contributed by atoms with E-state index in [0.717, 1.165) is 16.5 Å². The third-order valence-corrected chi connectivity index (χ3v) is 6.76. The lowest BCUT2D eigenvalue weighted by molar-refractivity contribution is -0.138. The first-order valence-electron chi connectivity index (χ1n) is 12.4. The monoisotopic (exact) mass is 555 g/mol. The maximum absolute atomic E-state index is 13.4. The number of aromatic nitrogens is 1. The van der Waals surface area contributed by atoms with E-state index >= 15 is 0 Å². The number of carboxylic acid groups (broad SMARTS) is 1. The number of aliphatic carboxylic acids is 1. The van der Waals surface area contributed by atoms with Crippen LogP contribution in [0.25, 0.3) is 10.9 Å². The summed E-state index contributed by atoms with van der Waals surface area (Å²) >= 11 is 1.47. The molecule has 0 aliphatic carbocycles. The number of carbonyl (C=O) groups is 4. The van der Waals surface area contributed by atoms with Crippen LogP contribution in [-0.2, 0) is 32.0 Å². The lowest BCUT2D eigenvalue weighted by atomic mass is 10.0. The first-order chi connectivity index (χ1) is 18.7. The van der Waals surface area contributed by atoms with Gasteiger partial charge >= 0.3 is 5.97 Å². The molecule has 0 bridgehead atoms. The number of benzene rings is 2. The summed E-state index contributed by atoms with van der Waals surface area (Å²) < 4.78 is 0. The van der Waals surface area contributed by atoms with Crippen LogP contribution < -0.4 is 21.7 Å². The summed E-state index contributed by atoms with van der Waals surface area (Å²) in [5, 5.41) is 27.1. The van der Waals surface area contributed by atoms with Crippen LogP contribution in [0.5, 0.6) is 5.75 Å². The average Bonchev–Trinajstić information content (AvgIpc) is 3.32. The number of amides is 3. The van der Waals surface area contributed by atoms with Crippen molar-refractivity contribution < 1.29 is 29.4 Å². The van der Waals surface area contributed by atoms with E-state index in [9.17, 15) is 24.3 Å². The smallest absolute Gasteiger partial charge is 0.322 e. The number of aromatic hydroxyl groups is 1. The van der Waals surface area contributed by atoms with Gasteiger partial charge in [-0.1, -0.05) is 30.3 Å². The summed E-state index contributed by atoms with van der Waals surface area (Å²) in [5.74, 6) is -2.42. The van der Waals surface area contributed by atoms with Crippen LogP contribution in [0.1, 0.15) is 17.5 Å². The second-order valence-electron chi connectivity index (χ2n) is 9.06. The minimum atomic E-state index is -1.21. The van der Waals surface area contributed by atoms with E-state index in [-0.39, 0.29) is 25.0 Å². The number of hydrogen-bond acceptors (Lipinski definition) is 7. The number of H-pyrrole nitrogens is 1. The Labute approximate surface area is 229 Å². The van der Waals surface area contributed by atoms with Gasteiger partial charge in [-0.25, -0.2) is 0 Å². The Morgan fingerprint density at radius 1 is 0.949 bits per heavy atom. The summed E-state index contributed by atoms with van der Waals surface area (Å²) in [6.45, 7) is -0.583. The molecule has 0 aliphatic rings. The SMILES string of the molecule is CSCCC(NC(=O)C(Cc1ccc(O)cc1)NC(=O)C(N)Cc1c[nH]c2ccccc12)C(=O)NCC(=O)O. The zero-order chi connectivity index (χ0) is 28.4. The summed E-state index contributed by atoms with van der Waals surface area (Å²) in [6, 6.07) is 10.8. The molecule has 8 N–H and O–H groups in total. The van der Waals surface area contributed by atoms with Crippen LogP contribution >= 0.6 is 11.8 Å².